The first-order valence-electron chi connectivity index (χ1n) is 15.6. The van der Waals surface area contributed by atoms with Gasteiger partial charge in [-0.15, -0.1) is 0 Å². The summed E-state index contributed by atoms with van der Waals surface area (Å²) in [5.41, 5.74) is 16.1. The summed E-state index contributed by atoms with van der Waals surface area (Å²) in [7, 11) is 0. The molecule has 0 saturated carbocycles. The Morgan fingerprint density at radius 1 is 0.378 bits per heavy atom. The highest BCUT2D eigenvalue weighted by atomic mass is 15.2. The third-order valence-electron chi connectivity index (χ3n) is 9.23. The Labute approximate surface area is 264 Å². The quantitative estimate of drug-likeness (QED) is 0.194. The van der Waals surface area contributed by atoms with Crippen LogP contribution < -0.4 is 20.6 Å². The average Bonchev–Trinajstić information content (AvgIpc) is 3.12. The molecule has 0 aromatic heterocycles. The maximum absolute atomic E-state index is 2.58. The highest BCUT2D eigenvalue weighted by Crippen LogP contribution is 2.49. The standard InChI is InChI=1S/C42H29BN2/c1-4-15-30(16-5-1)32-19-12-22-34(29-32)45-39-27-13-23-35(31-17-6-2-7-18-31)41(39)36-24-14-28-40-42(36)43(45)37-25-10-11-26-38(37)44(40)33-20-8-3-9-21-33/h1-29H. The van der Waals surface area contributed by atoms with Crippen molar-refractivity contribution in [2.24, 2.45) is 0 Å². The number of benzene rings is 7. The molecule has 210 valence electrons. The molecule has 0 fully saturated rings. The van der Waals surface area contributed by atoms with Crippen LogP contribution in [0.4, 0.5) is 28.4 Å². The van der Waals surface area contributed by atoms with Crippen LogP contribution in [-0.4, -0.2) is 6.85 Å². The van der Waals surface area contributed by atoms with E-state index in [0.29, 0.717) is 0 Å². The number of nitrogens with zero attached hydrogens (tertiary/aromatic N) is 2. The lowest BCUT2D eigenvalue weighted by molar-refractivity contribution is 1.27. The van der Waals surface area contributed by atoms with Gasteiger partial charge in [0.05, 0.1) is 0 Å². The molecule has 0 amide bonds. The molecule has 2 aliphatic heterocycles. The topological polar surface area (TPSA) is 6.48 Å². The Hall–Kier alpha value is -5.80. The molecule has 0 N–H and O–H groups in total. The van der Waals surface area contributed by atoms with E-state index in [9.17, 15) is 0 Å². The summed E-state index contributed by atoms with van der Waals surface area (Å²) >= 11 is 0. The molecule has 7 aromatic carbocycles. The second kappa shape index (κ2) is 10.4. The number of hydrogen-bond acceptors (Lipinski definition) is 2. The summed E-state index contributed by atoms with van der Waals surface area (Å²) in [5, 5.41) is 0. The zero-order chi connectivity index (χ0) is 29.7. The highest BCUT2D eigenvalue weighted by Gasteiger charge is 2.45. The van der Waals surface area contributed by atoms with Gasteiger partial charge in [0.2, 0.25) is 0 Å². The summed E-state index contributed by atoms with van der Waals surface area (Å²) in [5.74, 6) is 0. The van der Waals surface area contributed by atoms with Crippen LogP contribution in [0.2, 0.25) is 0 Å². The van der Waals surface area contributed by atoms with Crippen molar-refractivity contribution in [3.63, 3.8) is 0 Å². The summed E-state index contributed by atoms with van der Waals surface area (Å²) in [6, 6.07) is 63.9. The lowest BCUT2D eigenvalue weighted by atomic mass is 9.43. The van der Waals surface area contributed by atoms with Gasteiger partial charge in [-0.1, -0.05) is 133 Å². The van der Waals surface area contributed by atoms with E-state index in [0.717, 1.165) is 5.69 Å². The Morgan fingerprint density at radius 3 is 1.71 bits per heavy atom. The number of para-hydroxylation sites is 2. The van der Waals surface area contributed by atoms with Crippen molar-refractivity contribution >= 4 is 46.2 Å². The fraction of sp³-hybridized carbons (Fsp3) is 0. The third kappa shape index (κ3) is 4.05. The molecule has 2 aliphatic rings. The molecule has 2 nitrogen and oxygen atoms in total. The van der Waals surface area contributed by atoms with E-state index in [1.54, 1.807) is 0 Å². The minimum Gasteiger partial charge on any atom is -0.376 e. The minimum absolute atomic E-state index is 0.00286. The van der Waals surface area contributed by atoms with E-state index in [4.69, 9.17) is 0 Å². The van der Waals surface area contributed by atoms with Crippen molar-refractivity contribution in [2.75, 3.05) is 9.71 Å². The van der Waals surface area contributed by atoms with Crippen molar-refractivity contribution in [1.82, 2.24) is 0 Å². The first-order valence-corrected chi connectivity index (χ1v) is 15.6. The molecule has 0 saturated heterocycles. The predicted molar refractivity (Wildman–Crippen MR) is 191 cm³/mol. The van der Waals surface area contributed by atoms with Crippen LogP contribution in [0.15, 0.2) is 176 Å². The van der Waals surface area contributed by atoms with Crippen LogP contribution >= 0.6 is 0 Å². The molecule has 0 spiro atoms. The Kier molecular flexibility index (Phi) is 5.95. The van der Waals surface area contributed by atoms with Crippen molar-refractivity contribution in [3.05, 3.63) is 176 Å². The molecule has 0 atom stereocenters. The van der Waals surface area contributed by atoms with E-state index in [2.05, 4.69) is 186 Å². The normalized spacial score (nSPS) is 12.8. The van der Waals surface area contributed by atoms with E-state index in [-0.39, 0.29) is 6.85 Å². The monoisotopic (exact) mass is 572 g/mol. The van der Waals surface area contributed by atoms with E-state index in [1.165, 1.54) is 67.1 Å². The largest absolute Gasteiger partial charge is 0.376 e. The van der Waals surface area contributed by atoms with Crippen LogP contribution in [0.3, 0.4) is 0 Å². The lowest BCUT2D eigenvalue weighted by Crippen LogP contribution is -2.61. The Morgan fingerprint density at radius 2 is 0.933 bits per heavy atom. The first-order chi connectivity index (χ1) is 22.4. The fourth-order valence-corrected chi connectivity index (χ4v) is 7.36. The van der Waals surface area contributed by atoms with Gasteiger partial charge in [-0.3, -0.25) is 0 Å². The average molecular weight is 573 g/mol. The third-order valence-corrected chi connectivity index (χ3v) is 9.23. The predicted octanol–water partition coefficient (Wildman–Crippen LogP) is 9.73. The van der Waals surface area contributed by atoms with Crippen molar-refractivity contribution in [1.29, 1.82) is 0 Å². The van der Waals surface area contributed by atoms with Crippen LogP contribution in [0.1, 0.15) is 0 Å². The molecular formula is C42H29BN2. The zero-order valence-electron chi connectivity index (χ0n) is 24.7. The number of rotatable bonds is 4. The van der Waals surface area contributed by atoms with Gasteiger partial charge in [-0.2, -0.15) is 0 Å². The van der Waals surface area contributed by atoms with Gasteiger partial charge < -0.3 is 9.71 Å². The van der Waals surface area contributed by atoms with Gasteiger partial charge in [0, 0.05) is 34.0 Å². The van der Waals surface area contributed by atoms with Crippen molar-refractivity contribution in [2.45, 2.75) is 0 Å². The van der Waals surface area contributed by atoms with Crippen molar-refractivity contribution in [3.8, 4) is 33.4 Å². The van der Waals surface area contributed by atoms with Crippen LogP contribution in [0.25, 0.3) is 33.4 Å². The number of hydrogen-bond donors (Lipinski definition) is 0. The Balaban J connectivity index is 1.37. The van der Waals surface area contributed by atoms with Crippen LogP contribution in [0.5, 0.6) is 0 Å². The number of anilines is 5. The first kappa shape index (κ1) is 25.7. The zero-order valence-corrected chi connectivity index (χ0v) is 24.7. The highest BCUT2D eigenvalue weighted by molar-refractivity contribution is 6.93. The SMILES string of the molecule is c1ccc(-c2cccc(N3B4c5ccccc5N(c5ccccc5)c5cccc(c54)-c4c(-c5ccccc5)cccc43)c2)cc1. The summed E-state index contributed by atoms with van der Waals surface area (Å²) < 4.78 is 0. The maximum Gasteiger partial charge on any atom is 0.333 e. The van der Waals surface area contributed by atoms with Gasteiger partial charge in [-0.25, -0.2) is 0 Å². The molecular weight excluding hydrogens is 543 g/mol. The molecule has 0 radical (unpaired) electrons. The summed E-state index contributed by atoms with van der Waals surface area (Å²) in [6.07, 6.45) is 0. The van der Waals surface area contributed by atoms with Crippen molar-refractivity contribution < 1.29 is 0 Å². The van der Waals surface area contributed by atoms with E-state index >= 15 is 0 Å². The summed E-state index contributed by atoms with van der Waals surface area (Å²) in [6.45, 7) is -0.00286. The van der Waals surface area contributed by atoms with E-state index < -0.39 is 0 Å². The number of fused-ring (bicyclic) bond motifs is 4. The van der Waals surface area contributed by atoms with Gasteiger partial charge >= 0.3 is 6.85 Å². The lowest BCUT2D eigenvalue weighted by Gasteiger charge is -2.46. The molecule has 7 aromatic rings. The summed E-state index contributed by atoms with van der Waals surface area (Å²) in [4.78, 5) is 5.03. The van der Waals surface area contributed by atoms with Crippen LogP contribution in [-0.2, 0) is 0 Å². The van der Waals surface area contributed by atoms with Gasteiger partial charge in [-0.05, 0) is 81.2 Å². The molecule has 0 bridgehead atoms. The minimum atomic E-state index is -0.00286. The maximum atomic E-state index is 2.58. The molecule has 0 aliphatic carbocycles. The Bertz CT molecular complexity index is 2180. The molecule has 2 heterocycles. The van der Waals surface area contributed by atoms with E-state index in [1.807, 2.05) is 0 Å². The molecule has 0 unspecified atom stereocenters. The van der Waals surface area contributed by atoms with Crippen LogP contribution in [0, 0.1) is 0 Å². The molecule has 3 heteroatoms. The molecule has 9 rings (SSSR count). The van der Waals surface area contributed by atoms with Gasteiger partial charge in [0.1, 0.15) is 0 Å². The van der Waals surface area contributed by atoms with Gasteiger partial charge in [0.15, 0.2) is 0 Å². The second-order valence-corrected chi connectivity index (χ2v) is 11.7. The second-order valence-electron chi connectivity index (χ2n) is 11.7. The smallest absolute Gasteiger partial charge is 0.333 e. The fourth-order valence-electron chi connectivity index (χ4n) is 7.36. The molecule has 45 heavy (non-hydrogen) atoms. The van der Waals surface area contributed by atoms with Gasteiger partial charge in [0.25, 0.3) is 0 Å².